The van der Waals surface area contributed by atoms with Crippen LogP contribution in [-0.2, 0) is 10.0 Å². The van der Waals surface area contributed by atoms with Gasteiger partial charge in [0.25, 0.3) is 15.9 Å². The number of anilines is 2. The van der Waals surface area contributed by atoms with Crippen molar-refractivity contribution in [2.75, 3.05) is 30.4 Å². The average molecular weight is 692 g/mol. The van der Waals surface area contributed by atoms with Gasteiger partial charge in [0, 0.05) is 29.4 Å². The predicted octanol–water partition coefficient (Wildman–Crippen LogP) is 7.27. The number of ether oxygens (including phenoxy) is 3. The lowest BCUT2D eigenvalue weighted by Gasteiger charge is -2.21. The van der Waals surface area contributed by atoms with Gasteiger partial charge in [-0.05, 0) is 80.9 Å². The first-order valence-corrected chi connectivity index (χ1v) is 16.3. The Kier molecular flexibility index (Phi) is 10.4. The van der Waals surface area contributed by atoms with Crippen LogP contribution >= 0.6 is 34.5 Å². The van der Waals surface area contributed by atoms with Crippen LogP contribution in [0, 0.1) is 6.92 Å². The van der Waals surface area contributed by atoms with Gasteiger partial charge in [0.2, 0.25) is 0 Å². The van der Waals surface area contributed by atoms with Gasteiger partial charge in [-0.2, -0.15) is 0 Å². The van der Waals surface area contributed by atoms with Crippen LogP contribution in [0.25, 0.3) is 0 Å². The van der Waals surface area contributed by atoms with Crippen molar-refractivity contribution < 1.29 is 37.0 Å². The van der Waals surface area contributed by atoms with Crippen LogP contribution in [0.2, 0.25) is 9.36 Å². The van der Waals surface area contributed by atoms with Gasteiger partial charge < -0.3 is 19.5 Å². The Balaban J connectivity index is 1.58. The maximum atomic E-state index is 13.7. The summed E-state index contributed by atoms with van der Waals surface area (Å²) in [5.41, 5.74) is 1.53. The van der Waals surface area contributed by atoms with Crippen molar-refractivity contribution in [2.45, 2.75) is 25.7 Å². The Morgan fingerprint density at radius 2 is 1.71 bits per heavy atom. The number of aryl methyl sites for hydroxylation is 1. The topological polar surface area (TPSA) is 128 Å². The predicted molar refractivity (Wildman–Crippen MR) is 175 cm³/mol. The highest BCUT2D eigenvalue weighted by molar-refractivity contribution is 7.93. The van der Waals surface area contributed by atoms with Crippen LogP contribution in [0.5, 0.6) is 17.2 Å². The second-order valence-electron chi connectivity index (χ2n) is 9.59. The van der Waals surface area contributed by atoms with E-state index in [4.69, 9.17) is 37.4 Å². The summed E-state index contributed by atoms with van der Waals surface area (Å²) in [4.78, 5) is 37.5. The Morgan fingerprint density at radius 3 is 2.36 bits per heavy atom. The highest BCUT2D eigenvalue weighted by Gasteiger charge is 2.31. The van der Waals surface area contributed by atoms with Crippen molar-refractivity contribution in [3.05, 3.63) is 91.6 Å². The fourth-order valence-corrected chi connectivity index (χ4v) is 7.45. The zero-order valence-corrected chi connectivity index (χ0v) is 27.9. The molecular weight excluding hydrogens is 663 g/mol. The maximum absolute atomic E-state index is 13.7. The quantitative estimate of drug-likeness (QED) is 0.0989. The van der Waals surface area contributed by atoms with Gasteiger partial charge in [-0.25, -0.2) is 13.2 Å². The maximum Gasteiger partial charge on any atom is 0.343 e. The molecule has 10 nitrogen and oxygen atoms in total. The van der Waals surface area contributed by atoms with Crippen molar-refractivity contribution in [1.82, 2.24) is 0 Å². The number of nitrogens with zero attached hydrogens (tertiary/aromatic N) is 1. The van der Waals surface area contributed by atoms with E-state index in [2.05, 4.69) is 5.32 Å². The molecule has 1 aromatic heterocycles. The summed E-state index contributed by atoms with van der Waals surface area (Å²) in [6.45, 7) is 5.36. The van der Waals surface area contributed by atoms with Crippen molar-refractivity contribution in [3.63, 3.8) is 0 Å². The molecule has 0 aliphatic rings. The SMILES string of the molecule is CCOc1ccc(N(C)S(=O)(=O)c2cc(Cl)sc2C(=O)Nc2cc(Cl)cc(C(=O)Oc3ccc(C(C)=O)c(C)c3)c2)cc1OC. The van der Waals surface area contributed by atoms with Crippen LogP contribution in [0.4, 0.5) is 11.4 Å². The summed E-state index contributed by atoms with van der Waals surface area (Å²) >= 11 is 13.2. The third-order valence-corrected chi connectivity index (χ3v) is 9.92. The normalized spacial score (nSPS) is 11.1. The summed E-state index contributed by atoms with van der Waals surface area (Å²) in [5.74, 6) is -0.690. The third-order valence-electron chi connectivity index (χ3n) is 6.50. The monoisotopic (exact) mass is 690 g/mol. The Bertz CT molecular complexity index is 1910. The first-order chi connectivity index (χ1) is 21.2. The number of methoxy groups -OCH3 is 1. The molecule has 0 saturated carbocycles. The van der Waals surface area contributed by atoms with Gasteiger partial charge in [0.1, 0.15) is 15.5 Å². The molecule has 0 aliphatic carbocycles. The molecular formula is C31H28Cl2N2O8S2. The van der Waals surface area contributed by atoms with E-state index in [-0.39, 0.29) is 47.6 Å². The summed E-state index contributed by atoms with van der Waals surface area (Å²) in [7, 11) is -1.51. The van der Waals surface area contributed by atoms with E-state index in [9.17, 15) is 22.8 Å². The molecule has 1 heterocycles. The fourth-order valence-electron chi connectivity index (χ4n) is 4.34. The number of Topliss-reactive ketones (excluding diaryl/α,β-unsaturated/α-hetero) is 1. The van der Waals surface area contributed by atoms with Gasteiger partial charge in [-0.3, -0.25) is 13.9 Å². The minimum absolute atomic E-state index is 0.0207. The molecule has 0 unspecified atom stereocenters. The summed E-state index contributed by atoms with van der Waals surface area (Å²) in [5, 5.41) is 2.71. The minimum atomic E-state index is -4.28. The van der Waals surface area contributed by atoms with Crippen LogP contribution in [-0.4, -0.2) is 46.8 Å². The zero-order chi connectivity index (χ0) is 33.1. The molecule has 1 amide bonds. The number of hydrogen-bond donors (Lipinski definition) is 1. The van der Waals surface area contributed by atoms with E-state index in [0.29, 0.717) is 29.2 Å². The summed E-state index contributed by atoms with van der Waals surface area (Å²) in [6.07, 6.45) is 0. The molecule has 3 aromatic carbocycles. The van der Waals surface area contributed by atoms with Crippen molar-refractivity contribution in [1.29, 1.82) is 0 Å². The summed E-state index contributed by atoms with van der Waals surface area (Å²) < 4.78 is 44.8. The first kappa shape index (κ1) is 33.8. The second-order valence-corrected chi connectivity index (χ2v) is 13.6. The molecule has 0 aliphatic heterocycles. The molecule has 236 valence electrons. The number of rotatable bonds is 11. The molecule has 0 radical (unpaired) electrons. The number of hydrogen-bond acceptors (Lipinski definition) is 9. The molecule has 0 spiro atoms. The van der Waals surface area contributed by atoms with Crippen LogP contribution in [0.15, 0.2) is 65.6 Å². The van der Waals surface area contributed by atoms with Gasteiger partial charge in [0.05, 0.1) is 29.3 Å². The Labute approximate surface area is 274 Å². The molecule has 1 N–H and O–H groups in total. The molecule has 0 atom stereocenters. The highest BCUT2D eigenvalue weighted by atomic mass is 35.5. The minimum Gasteiger partial charge on any atom is -0.493 e. The third kappa shape index (κ3) is 7.59. The van der Waals surface area contributed by atoms with Crippen LogP contribution in [0.3, 0.4) is 0 Å². The Hall–Kier alpha value is -4.10. The van der Waals surface area contributed by atoms with E-state index < -0.39 is 21.9 Å². The lowest BCUT2D eigenvalue weighted by atomic mass is 10.1. The molecule has 14 heteroatoms. The number of carbonyl (C=O) groups excluding carboxylic acids is 3. The van der Waals surface area contributed by atoms with Crippen molar-refractivity contribution in [2.24, 2.45) is 0 Å². The Morgan fingerprint density at radius 1 is 0.978 bits per heavy atom. The fraction of sp³-hybridized carbons (Fsp3) is 0.194. The van der Waals surface area contributed by atoms with E-state index >= 15 is 0 Å². The number of esters is 1. The van der Waals surface area contributed by atoms with Crippen LogP contribution < -0.4 is 23.8 Å². The van der Waals surface area contributed by atoms with Crippen LogP contribution in [0.1, 0.15) is 49.8 Å². The number of thiophene rings is 1. The molecule has 45 heavy (non-hydrogen) atoms. The summed E-state index contributed by atoms with van der Waals surface area (Å²) in [6, 6.07) is 14.5. The zero-order valence-electron chi connectivity index (χ0n) is 24.8. The molecule has 4 rings (SSSR count). The van der Waals surface area contributed by atoms with E-state index in [1.807, 2.05) is 6.92 Å². The van der Waals surface area contributed by atoms with Gasteiger partial charge >= 0.3 is 5.97 Å². The first-order valence-electron chi connectivity index (χ1n) is 13.3. The number of sulfonamides is 1. The highest BCUT2D eigenvalue weighted by Crippen LogP contribution is 2.37. The number of halogens is 2. The van der Waals surface area contributed by atoms with E-state index in [0.717, 1.165) is 15.6 Å². The standard InChI is InChI=1S/C31H28Cl2N2O8S2/c1-6-42-25-10-7-22(15-26(25)41-5)35(4)45(39,40)27-16-28(33)44-29(27)30(37)34-21-13-19(12-20(32)14-21)31(38)43-23-8-9-24(18(3)36)17(2)11-23/h7-16H,6H2,1-5H3,(H,34,37). The number of benzene rings is 3. The van der Waals surface area contributed by atoms with Crippen molar-refractivity contribution >= 4 is 73.6 Å². The number of ketones is 1. The molecule has 4 aromatic rings. The molecule has 0 saturated heterocycles. The number of carbonyl (C=O) groups is 3. The smallest absolute Gasteiger partial charge is 0.343 e. The van der Waals surface area contributed by atoms with Gasteiger partial charge in [-0.1, -0.05) is 23.2 Å². The number of nitrogens with one attached hydrogen (secondary N) is 1. The van der Waals surface area contributed by atoms with E-state index in [1.165, 1.54) is 57.5 Å². The van der Waals surface area contributed by atoms with E-state index in [1.54, 1.807) is 31.2 Å². The molecule has 0 bridgehead atoms. The second kappa shape index (κ2) is 13.9. The lowest BCUT2D eigenvalue weighted by Crippen LogP contribution is -2.28. The van der Waals surface area contributed by atoms with Gasteiger partial charge in [0.15, 0.2) is 17.3 Å². The number of amides is 1. The average Bonchev–Trinajstić information content (AvgIpc) is 3.39. The van der Waals surface area contributed by atoms with Gasteiger partial charge in [-0.15, -0.1) is 11.3 Å². The largest absolute Gasteiger partial charge is 0.493 e. The lowest BCUT2D eigenvalue weighted by molar-refractivity contribution is 0.0734. The molecule has 0 fully saturated rings. The van der Waals surface area contributed by atoms with Crippen molar-refractivity contribution in [3.8, 4) is 17.2 Å².